The van der Waals surface area contributed by atoms with E-state index >= 15 is 4.39 Å². The third kappa shape index (κ3) is 4.91. The molecule has 0 atom stereocenters. The number of carbonyl (C=O) groups is 1. The number of rotatable bonds is 8. The highest BCUT2D eigenvalue weighted by atomic mass is 35.5. The van der Waals surface area contributed by atoms with Gasteiger partial charge in [-0.05, 0) is 37.0 Å². The molecular formula is C23H19ClF2N6O4S. The van der Waals surface area contributed by atoms with Gasteiger partial charge in [0.15, 0.2) is 16.4 Å². The van der Waals surface area contributed by atoms with Crippen LogP contribution in [0.5, 0.6) is 5.88 Å². The molecule has 0 bridgehead atoms. The molecule has 4 aromatic rings. The zero-order valence-corrected chi connectivity index (χ0v) is 20.8. The van der Waals surface area contributed by atoms with Crippen molar-refractivity contribution in [3.05, 3.63) is 65.5 Å². The molecular weight excluding hydrogens is 530 g/mol. The Morgan fingerprint density at radius 2 is 2.00 bits per heavy atom. The highest BCUT2D eigenvalue weighted by Gasteiger charge is 2.26. The lowest BCUT2D eigenvalue weighted by Crippen LogP contribution is -2.26. The molecule has 14 heteroatoms. The van der Waals surface area contributed by atoms with Gasteiger partial charge in [0.05, 0.1) is 40.8 Å². The molecule has 37 heavy (non-hydrogen) atoms. The summed E-state index contributed by atoms with van der Waals surface area (Å²) in [5.41, 5.74) is -0.785. The summed E-state index contributed by atoms with van der Waals surface area (Å²) in [6.07, 6.45) is 7.23. The topological polar surface area (TPSA) is 128 Å². The lowest BCUT2D eigenvalue weighted by atomic mass is 10.1. The van der Waals surface area contributed by atoms with Crippen molar-refractivity contribution < 1.29 is 26.7 Å². The first-order valence-corrected chi connectivity index (χ1v) is 12.9. The molecule has 0 spiro atoms. The van der Waals surface area contributed by atoms with Gasteiger partial charge in [-0.1, -0.05) is 11.6 Å². The lowest BCUT2D eigenvalue weighted by Gasteiger charge is -2.14. The van der Waals surface area contributed by atoms with E-state index in [4.69, 9.17) is 16.3 Å². The molecule has 1 aromatic carbocycles. The maximum atomic E-state index is 15.5. The van der Waals surface area contributed by atoms with E-state index in [1.807, 2.05) is 0 Å². The van der Waals surface area contributed by atoms with Gasteiger partial charge >= 0.3 is 0 Å². The first kappa shape index (κ1) is 24.8. The molecule has 0 radical (unpaired) electrons. The molecule has 192 valence electrons. The van der Waals surface area contributed by atoms with Gasteiger partial charge in [-0.15, -0.1) is 0 Å². The van der Waals surface area contributed by atoms with Crippen LogP contribution in [0.4, 0.5) is 14.5 Å². The van der Waals surface area contributed by atoms with Crippen LogP contribution in [0, 0.1) is 17.6 Å². The van der Waals surface area contributed by atoms with Crippen LogP contribution in [0.25, 0.3) is 16.8 Å². The number of amides is 1. The Morgan fingerprint density at radius 3 is 2.73 bits per heavy atom. The van der Waals surface area contributed by atoms with Crippen LogP contribution in [0.1, 0.15) is 23.3 Å². The largest absolute Gasteiger partial charge is 0.480 e. The Bertz CT molecular complexity index is 1640. The summed E-state index contributed by atoms with van der Waals surface area (Å²) in [7, 11) is -3.21. The highest BCUT2D eigenvalue weighted by molar-refractivity contribution is 7.92. The van der Waals surface area contributed by atoms with Gasteiger partial charge in [0.1, 0.15) is 12.1 Å². The fourth-order valence-electron chi connectivity index (χ4n) is 3.66. The molecule has 2 N–H and O–H groups in total. The molecule has 1 fully saturated rings. The molecule has 1 aliphatic carbocycles. The second-order valence-electron chi connectivity index (χ2n) is 8.36. The number of benzene rings is 1. The van der Waals surface area contributed by atoms with E-state index in [2.05, 4.69) is 25.0 Å². The maximum Gasteiger partial charge on any atom is 0.272 e. The smallest absolute Gasteiger partial charge is 0.272 e. The number of nitrogens with one attached hydrogen (secondary N) is 2. The fourth-order valence-corrected chi connectivity index (χ4v) is 5.09. The van der Waals surface area contributed by atoms with Crippen LogP contribution < -0.4 is 14.8 Å². The molecule has 10 nitrogen and oxygen atoms in total. The zero-order valence-electron chi connectivity index (χ0n) is 19.2. The summed E-state index contributed by atoms with van der Waals surface area (Å²) < 4.78 is 64.6. The molecule has 1 saturated carbocycles. The summed E-state index contributed by atoms with van der Waals surface area (Å²) in [5, 5.41) is 2.82. The van der Waals surface area contributed by atoms with Crippen molar-refractivity contribution in [2.75, 3.05) is 18.4 Å². The Kier molecular flexibility index (Phi) is 6.42. The van der Waals surface area contributed by atoms with Gasteiger partial charge in [-0.3, -0.25) is 14.5 Å². The van der Waals surface area contributed by atoms with Crippen LogP contribution in [-0.4, -0.2) is 47.3 Å². The number of fused-ring (bicyclic) bond motifs is 1. The molecule has 0 saturated heterocycles. The number of methoxy groups -OCH3 is 1. The number of pyridine rings is 1. The predicted octanol–water partition coefficient (Wildman–Crippen LogP) is 3.67. The molecule has 1 amide bonds. The predicted molar refractivity (Wildman–Crippen MR) is 130 cm³/mol. The Labute approximate surface area is 214 Å². The van der Waals surface area contributed by atoms with E-state index in [0.29, 0.717) is 18.0 Å². The molecule has 0 unspecified atom stereocenters. The molecule has 5 rings (SSSR count). The van der Waals surface area contributed by atoms with Crippen molar-refractivity contribution in [3.63, 3.8) is 0 Å². The normalized spacial score (nSPS) is 13.5. The van der Waals surface area contributed by atoms with E-state index in [1.165, 1.54) is 36.4 Å². The van der Waals surface area contributed by atoms with E-state index in [9.17, 15) is 17.6 Å². The minimum absolute atomic E-state index is 0.0138. The van der Waals surface area contributed by atoms with Gasteiger partial charge in [-0.25, -0.2) is 27.2 Å². The number of halogens is 3. The summed E-state index contributed by atoms with van der Waals surface area (Å²) >= 11 is 5.87. The molecule has 0 aliphatic heterocycles. The average Bonchev–Trinajstić information content (AvgIpc) is 3.61. The van der Waals surface area contributed by atoms with Gasteiger partial charge in [0.2, 0.25) is 5.88 Å². The number of ether oxygens (including phenoxy) is 1. The van der Waals surface area contributed by atoms with Crippen LogP contribution in [-0.2, 0) is 10.0 Å². The second kappa shape index (κ2) is 9.56. The van der Waals surface area contributed by atoms with Crippen LogP contribution >= 0.6 is 11.6 Å². The van der Waals surface area contributed by atoms with Crippen molar-refractivity contribution in [2.45, 2.75) is 17.7 Å². The van der Waals surface area contributed by atoms with Crippen LogP contribution in [0.3, 0.4) is 0 Å². The van der Waals surface area contributed by atoms with E-state index in [1.54, 1.807) is 0 Å². The quantitative estimate of drug-likeness (QED) is 0.344. The first-order chi connectivity index (χ1) is 17.7. The number of hydrogen-bond acceptors (Lipinski definition) is 7. The monoisotopic (exact) mass is 548 g/mol. The fraction of sp³-hybridized carbons (Fsp3) is 0.217. The summed E-state index contributed by atoms with van der Waals surface area (Å²) in [4.78, 5) is 24.0. The van der Waals surface area contributed by atoms with E-state index in [0.717, 1.165) is 31.0 Å². The van der Waals surface area contributed by atoms with Gasteiger partial charge in [0.25, 0.3) is 15.9 Å². The number of carbonyl (C=O) groups excluding carboxylic acids is 1. The zero-order chi connectivity index (χ0) is 26.3. The summed E-state index contributed by atoms with van der Waals surface area (Å²) in [6.45, 7) is 0.555. The van der Waals surface area contributed by atoms with Gasteiger partial charge in [-0.2, -0.15) is 0 Å². The molecule has 3 heterocycles. The molecule has 3 aromatic heterocycles. The second-order valence-corrected chi connectivity index (χ2v) is 10.4. The standard InChI is InChI=1S/C23H19ClF2N6O4S/c1-36-23-18(6-13(24)8-29-23)37(34,35)31-15-5-4-14(25)19(20(15)26)16-10-32-11-30-21(17(32)9-27-16)22(33)28-7-12-2-3-12/h4-6,8-12,31H,2-3,7H2,1H3,(H,28,33). The Hall–Kier alpha value is -3.84. The van der Waals surface area contributed by atoms with Crippen molar-refractivity contribution in [1.82, 2.24) is 24.7 Å². The number of aromatic nitrogens is 4. The number of nitrogens with zero attached hydrogens (tertiary/aromatic N) is 4. The minimum atomic E-state index is -4.43. The molecule has 1 aliphatic rings. The summed E-state index contributed by atoms with van der Waals surface area (Å²) in [6, 6.07) is 2.93. The number of anilines is 1. The van der Waals surface area contributed by atoms with E-state index < -0.39 is 37.8 Å². The van der Waals surface area contributed by atoms with Crippen LogP contribution in [0.2, 0.25) is 5.02 Å². The maximum absolute atomic E-state index is 15.5. The minimum Gasteiger partial charge on any atom is -0.480 e. The number of imidazole rings is 1. The first-order valence-electron chi connectivity index (χ1n) is 11.0. The summed E-state index contributed by atoms with van der Waals surface area (Å²) in [5.74, 6) is -2.33. The third-order valence-corrected chi connectivity index (χ3v) is 7.31. The SMILES string of the molecule is COc1ncc(Cl)cc1S(=O)(=O)Nc1ccc(F)c(-c2cn3cnc(C(=O)NCC4CC4)c3cn2)c1F. The highest BCUT2D eigenvalue weighted by Crippen LogP contribution is 2.33. The third-order valence-electron chi connectivity index (χ3n) is 5.74. The van der Waals surface area contributed by atoms with Crippen molar-refractivity contribution in [1.29, 1.82) is 0 Å². The van der Waals surface area contributed by atoms with Gasteiger partial charge in [0, 0.05) is 18.9 Å². The van der Waals surface area contributed by atoms with E-state index in [-0.39, 0.29) is 28.2 Å². The Balaban J connectivity index is 1.48. The Morgan fingerprint density at radius 1 is 1.22 bits per heavy atom. The number of sulfonamides is 1. The lowest BCUT2D eigenvalue weighted by molar-refractivity contribution is 0.0949. The van der Waals surface area contributed by atoms with Crippen molar-refractivity contribution >= 4 is 38.7 Å². The van der Waals surface area contributed by atoms with Crippen LogP contribution in [0.15, 0.2) is 48.0 Å². The van der Waals surface area contributed by atoms with Crippen molar-refractivity contribution in [2.24, 2.45) is 5.92 Å². The van der Waals surface area contributed by atoms with Gasteiger partial charge < -0.3 is 14.5 Å². The number of hydrogen-bond donors (Lipinski definition) is 2. The van der Waals surface area contributed by atoms with Crippen molar-refractivity contribution in [3.8, 4) is 17.1 Å². The average molecular weight is 549 g/mol.